The van der Waals surface area contributed by atoms with E-state index in [4.69, 9.17) is 10.8 Å². The van der Waals surface area contributed by atoms with Crippen LogP contribution in [0.2, 0.25) is 0 Å². The first-order valence-corrected chi connectivity index (χ1v) is 3.30. The van der Waals surface area contributed by atoms with Crippen LogP contribution in [-0.2, 0) is 0 Å². The average Bonchev–Trinajstić information content (AvgIpc) is 1.80. The molecular weight excluding hydrogens is 128 g/mol. The van der Waals surface area contributed by atoms with Crippen LogP contribution in [-0.4, -0.2) is 24.3 Å². The van der Waals surface area contributed by atoms with Crippen LogP contribution in [0.4, 0.5) is 0 Å². The first kappa shape index (κ1) is 9.46. The van der Waals surface area contributed by atoms with Crippen LogP contribution >= 0.6 is 0 Å². The minimum absolute atomic E-state index is 0.0246. The van der Waals surface area contributed by atoms with Gasteiger partial charge in [0.2, 0.25) is 0 Å². The summed E-state index contributed by atoms with van der Waals surface area (Å²) in [6, 6.07) is 0. The van der Waals surface area contributed by atoms with E-state index in [0.717, 1.165) is 5.70 Å². The highest BCUT2D eigenvalue weighted by Crippen LogP contribution is 2.07. The minimum Gasteiger partial charge on any atom is -0.392 e. The molecule has 0 saturated carbocycles. The third-order valence-electron chi connectivity index (χ3n) is 1.26. The molecule has 0 rings (SSSR count). The Hall–Kier alpha value is -0.540. The average molecular weight is 144 g/mol. The zero-order valence-corrected chi connectivity index (χ0v) is 6.81. The van der Waals surface area contributed by atoms with Crippen molar-refractivity contribution in [3.63, 3.8) is 0 Å². The molecule has 0 aromatic carbocycles. The topological polar surface area (TPSA) is 58.3 Å². The lowest BCUT2D eigenvalue weighted by Gasteiger charge is -2.22. The highest BCUT2D eigenvalue weighted by molar-refractivity contribution is 5.13. The first-order valence-electron chi connectivity index (χ1n) is 3.30. The maximum Gasteiger partial charge on any atom is 0.0632 e. The Labute approximate surface area is 61.9 Å². The summed E-state index contributed by atoms with van der Waals surface area (Å²) in [5.41, 5.74) is 6.20. The fourth-order valence-electron chi connectivity index (χ4n) is 0.779. The Kier molecular flexibility index (Phi) is 3.39. The molecule has 4 N–H and O–H groups in total. The summed E-state index contributed by atoms with van der Waals surface area (Å²) >= 11 is 0. The predicted octanol–water partition coefficient (Wildman–Crippen LogP) is -0.181. The molecule has 0 heterocycles. The molecule has 0 radical (unpaired) electrons. The Morgan fingerprint density at radius 1 is 1.70 bits per heavy atom. The molecule has 0 amide bonds. The second kappa shape index (κ2) is 3.58. The molecule has 10 heavy (non-hydrogen) atoms. The van der Waals surface area contributed by atoms with Gasteiger partial charge in [-0.15, -0.1) is 0 Å². The largest absolute Gasteiger partial charge is 0.392 e. The molecule has 60 valence electrons. The fourth-order valence-corrected chi connectivity index (χ4v) is 0.779. The Morgan fingerprint density at radius 2 is 2.20 bits per heavy atom. The highest BCUT2D eigenvalue weighted by atomic mass is 16.2. The molecule has 0 fully saturated rings. The van der Waals surface area contributed by atoms with Gasteiger partial charge in [-0.2, -0.15) is 0 Å². The van der Waals surface area contributed by atoms with Gasteiger partial charge in [0, 0.05) is 18.3 Å². The number of likely N-dealkylation sites (N-methyl/N-ethyl adjacent to an activating group) is 1. The van der Waals surface area contributed by atoms with Gasteiger partial charge in [-0.25, -0.2) is 0 Å². The van der Waals surface area contributed by atoms with E-state index in [9.17, 15) is 0 Å². The third-order valence-corrected chi connectivity index (χ3v) is 1.26. The molecule has 0 atom stereocenters. The number of aliphatic hydroxyl groups is 1. The van der Waals surface area contributed by atoms with Gasteiger partial charge < -0.3 is 16.2 Å². The molecule has 0 unspecified atom stereocenters. The Bertz CT molecular complexity index is 124. The Morgan fingerprint density at radius 3 is 2.30 bits per heavy atom. The van der Waals surface area contributed by atoms with Crippen LogP contribution in [0, 0.1) is 0 Å². The van der Waals surface area contributed by atoms with Gasteiger partial charge in [0.1, 0.15) is 0 Å². The predicted molar refractivity (Wildman–Crippen MR) is 42.5 cm³/mol. The van der Waals surface area contributed by atoms with Crippen LogP contribution in [0.3, 0.4) is 0 Å². The SMILES string of the molecule is CN/C(=C/CO)C(C)(C)N. The van der Waals surface area contributed by atoms with Crippen molar-refractivity contribution < 1.29 is 5.11 Å². The summed E-state index contributed by atoms with van der Waals surface area (Å²) in [5.74, 6) is 0. The van der Waals surface area contributed by atoms with Crippen molar-refractivity contribution >= 4 is 0 Å². The summed E-state index contributed by atoms with van der Waals surface area (Å²) in [4.78, 5) is 0. The van der Waals surface area contributed by atoms with E-state index >= 15 is 0 Å². The quantitative estimate of drug-likeness (QED) is 0.515. The number of hydrogen-bond donors (Lipinski definition) is 3. The van der Waals surface area contributed by atoms with Gasteiger partial charge in [0.15, 0.2) is 0 Å². The minimum atomic E-state index is -0.391. The number of nitrogens with one attached hydrogen (secondary N) is 1. The molecular formula is C7H16N2O. The van der Waals surface area contributed by atoms with E-state index in [-0.39, 0.29) is 6.61 Å². The van der Waals surface area contributed by atoms with Crippen LogP contribution in [0.25, 0.3) is 0 Å². The zero-order valence-electron chi connectivity index (χ0n) is 6.81. The van der Waals surface area contributed by atoms with Crippen molar-refractivity contribution in [3.8, 4) is 0 Å². The van der Waals surface area contributed by atoms with Gasteiger partial charge >= 0.3 is 0 Å². The first-order chi connectivity index (χ1) is 4.52. The van der Waals surface area contributed by atoms with Gasteiger partial charge in [0.25, 0.3) is 0 Å². The lowest BCUT2D eigenvalue weighted by molar-refractivity contribution is 0.339. The fraction of sp³-hybridized carbons (Fsp3) is 0.714. The standard InChI is InChI=1S/C7H16N2O/c1-7(2,8)6(9-3)4-5-10/h4,9-10H,5,8H2,1-3H3/b6-4+. The summed E-state index contributed by atoms with van der Waals surface area (Å²) < 4.78 is 0. The monoisotopic (exact) mass is 144 g/mol. The van der Waals surface area contributed by atoms with Crippen LogP contribution < -0.4 is 11.1 Å². The van der Waals surface area contributed by atoms with Gasteiger partial charge in [-0.3, -0.25) is 0 Å². The van der Waals surface area contributed by atoms with E-state index in [1.54, 1.807) is 13.1 Å². The normalized spacial score (nSPS) is 13.5. The lowest BCUT2D eigenvalue weighted by Crippen LogP contribution is -2.39. The molecule has 0 aromatic rings. The van der Waals surface area contributed by atoms with Crippen LogP contribution in [0.5, 0.6) is 0 Å². The van der Waals surface area contributed by atoms with Crippen LogP contribution in [0.15, 0.2) is 11.8 Å². The third kappa shape index (κ3) is 2.85. The van der Waals surface area contributed by atoms with Crippen molar-refractivity contribution in [2.24, 2.45) is 5.73 Å². The lowest BCUT2D eigenvalue weighted by atomic mass is 10.0. The molecule has 0 aliphatic carbocycles. The summed E-state index contributed by atoms with van der Waals surface area (Å²) in [7, 11) is 1.79. The molecule has 0 aromatic heterocycles. The number of rotatable bonds is 3. The molecule has 0 aliphatic rings. The van der Waals surface area contributed by atoms with E-state index in [0.29, 0.717) is 0 Å². The molecule has 3 heteroatoms. The van der Waals surface area contributed by atoms with E-state index in [1.807, 2.05) is 13.8 Å². The second-order valence-electron chi connectivity index (χ2n) is 2.77. The van der Waals surface area contributed by atoms with Crippen molar-refractivity contribution in [1.82, 2.24) is 5.32 Å². The zero-order chi connectivity index (χ0) is 8.20. The smallest absolute Gasteiger partial charge is 0.0632 e. The number of nitrogens with two attached hydrogens (primary N) is 1. The molecule has 0 bridgehead atoms. The van der Waals surface area contributed by atoms with Crippen molar-refractivity contribution in [2.75, 3.05) is 13.7 Å². The van der Waals surface area contributed by atoms with Gasteiger partial charge in [-0.1, -0.05) is 0 Å². The van der Waals surface area contributed by atoms with E-state index in [1.165, 1.54) is 0 Å². The molecule has 0 spiro atoms. The maximum atomic E-state index is 8.56. The van der Waals surface area contributed by atoms with Crippen molar-refractivity contribution in [3.05, 3.63) is 11.8 Å². The molecule has 0 saturated heterocycles. The van der Waals surface area contributed by atoms with Gasteiger partial charge in [0.05, 0.1) is 6.61 Å². The van der Waals surface area contributed by atoms with Crippen LogP contribution in [0.1, 0.15) is 13.8 Å². The van der Waals surface area contributed by atoms with E-state index in [2.05, 4.69) is 5.32 Å². The number of aliphatic hydroxyl groups excluding tert-OH is 1. The molecule has 0 aliphatic heterocycles. The highest BCUT2D eigenvalue weighted by Gasteiger charge is 2.14. The second-order valence-corrected chi connectivity index (χ2v) is 2.77. The Balaban J connectivity index is 4.21. The maximum absolute atomic E-state index is 8.56. The van der Waals surface area contributed by atoms with Crippen molar-refractivity contribution in [2.45, 2.75) is 19.4 Å². The summed E-state index contributed by atoms with van der Waals surface area (Å²) in [6.07, 6.45) is 1.67. The summed E-state index contributed by atoms with van der Waals surface area (Å²) in [6.45, 7) is 3.78. The van der Waals surface area contributed by atoms with Crippen molar-refractivity contribution in [1.29, 1.82) is 0 Å². The number of hydrogen-bond acceptors (Lipinski definition) is 3. The summed E-state index contributed by atoms with van der Waals surface area (Å²) in [5, 5.41) is 11.5. The molecule has 3 nitrogen and oxygen atoms in total. The van der Waals surface area contributed by atoms with E-state index < -0.39 is 5.54 Å². The van der Waals surface area contributed by atoms with Gasteiger partial charge in [-0.05, 0) is 19.9 Å².